The van der Waals surface area contributed by atoms with Gasteiger partial charge in [-0.2, -0.15) is 0 Å². The lowest BCUT2D eigenvalue weighted by Gasteiger charge is -2.17. The van der Waals surface area contributed by atoms with Crippen molar-refractivity contribution in [1.82, 2.24) is 0 Å². The SMILES string of the molecule is COc1ccc(OC)c(NC(=O)C(C)Nc2ccc(NC(=O)C3CC3)cc2)c1. The van der Waals surface area contributed by atoms with Gasteiger partial charge < -0.3 is 25.4 Å². The van der Waals surface area contributed by atoms with Gasteiger partial charge in [0.2, 0.25) is 11.8 Å². The quantitative estimate of drug-likeness (QED) is 0.649. The molecule has 1 aliphatic rings. The van der Waals surface area contributed by atoms with Crippen molar-refractivity contribution in [2.75, 3.05) is 30.2 Å². The molecule has 148 valence electrons. The van der Waals surface area contributed by atoms with E-state index in [4.69, 9.17) is 9.47 Å². The van der Waals surface area contributed by atoms with Crippen molar-refractivity contribution in [2.24, 2.45) is 5.92 Å². The minimum Gasteiger partial charge on any atom is -0.497 e. The van der Waals surface area contributed by atoms with Gasteiger partial charge in [0.1, 0.15) is 17.5 Å². The molecular formula is C21H25N3O4. The van der Waals surface area contributed by atoms with Crippen molar-refractivity contribution in [3.63, 3.8) is 0 Å². The maximum Gasteiger partial charge on any atom is 0.246 e. The summed E-state index contributed by atoms with van der Waals surface area (Å²) in [4.78, 5) is 24.4. The zero-order chi connectivity index (χ0) is 20.1. The summed E-state index contributed by atoms with van der Waals surface area (Å²) >= 11 is 0. The standard InChI is InChI=1S/C21H25N3O4/c1-13(20(25)24-18-12-17(27-2)10-11-19(18)28-3)22-15-6-8-16(9-7-15)23-21(26)14-4-5-14/h6-14,22H,4-5H2,1-3H3,(H,23,26)(H,24,25). The van der Waals surface area contributed by atoms with E-state index in [0.717, 1.165) is 24.2 Å². The summed E-state index contributed by atoms with van der Waals surface area (Å²) in [6.07, 6.45) is 1.94. The first kappa shape index (κ1) is 19.5. The van der Waals surface area contributed by atoms with Crippen molar-refractivity contribution in [2.45, 2.75) is 25.8 Å². The van der Waals surface area contributed by atoms with Crippen LogP contribution in [0.2, 0.25) is 0 Å². The highest BCUT2D eigenvalue weighted by molar-refractivity contribution is 5.98. The monoisotopic (exact) mass is 383 g/mol. The Kier molecular flexibility index (Phi) is 6.03. The van der Waals surface area contributed by atoms with E-state index in [-0.39, 0.29) is 17.7 Å². The lowest BCUT2D eigenvalue weighted by atomic mass is 10.2. The van der Waals surface area contributed by atoms with E-state index in [1.807, 2.05) is 24.3 Å². The first-order valence-corrected chi connectivity index (χ1v) is 9.20. The van der Waals surface area contributed by atoms with Gasteiger partial charge in [0, 0.05) is 23.4 Å². The number of hydrogen-bond acceptors (Lipinski definition) is 5. The lowest BCUT2D eigenvalue weighted by Crippen LogP contribution is -2.32. The maximum atomic E-state index is 12.6. The van der Waals surface area contributed by atoms with Crippen molar-refractivity contribution in [3.05, 3.63) is 42.5 Å². The van der Waals surface area contributed by atoms with Gasteiger partial charge in [-0.3, -0.25) is 9.59 Å². The molecule has 1 fully saturated rings. The van der Waals surface area contributed by atoms with E-state index in [1.54, 1.807) is 39.3 Å². The molecule has 0 spiro atoms. The van der Waals surface area contributed by atoms with Crippen LogP contribution in [-0.2, 0) is 9.59 Å². The predicted molar refractivity (Wildman–Crippen MR) is 109 cm³/mol. The Balaban J connectivity index is 1.58. The molecule has 0 radical (unpaired) electrons. The van der Waals surface area contributed by atoms with Gasteiger partial charge in [0.05, 0.1) is 19.9 Å². The largest absolute Gasteiger partial charge is 0.497 e. The van der Waals surface area contributed by atoms with Crippen molar-refractivity contribution < 1.29 is 19.1 Å². The average Bonchev–Trinajstić information content (AvgIpc) is 3.54. The number of ether oxygens (including phenoxy) is 2. The first-order chi connectivity index (χ1) is 13.5. The van der Waals surface area contributed by atoms with E-state index < -0.39 is 6.04 Å². The summed E-state index contributed by atoms with van der Waals surface area (Å²) < 4.78 is 10.5. The minimum atomic E-state index is -0.484. The van der Waals surface area contributed by atoms with Crippen LogP contribution in [0.4, 0.5) is 17.1 Å². The molecule has 2 aromatic carbocycles. The molecular weight excluding hydrogens is 358 g/mol. The van der Waals surface area contributed by atoms with Gasteiger partial charge >= 0.3 is 0 Å². The number of anilines is 3. The summed E-state index contributed by atoms with van der Waals surface area (Å²) in [7, 11) is 3.11. The Morgan fingerprint density at radius 1 is 0.964 bits per heavy atom. The zero-order valence-electron chi connectivity index (χ0n) is 16.2. The Bertz CT molecular complexity index is 847. The second kappa shape index (κ2) is 8.65. The number of carbonyl (C=O) groups excluding carboxylic acids is 2. The molecule has 0 aromatic heterocycles. The van der Waals surface area contributed by atoms with Crippen LogP contribution < -0.4 is 25.4 Å². The molecule has 1 saturated carbocycles. The van der Waals surface area contributed by atoms with Crippen LogP contribution in [0.5, 0.6) is 11.5 Å². The van der Waals surface area contributed by atoms with E-state index >= 15 is 0 Å². The molecule has 0 bridgehead atoms. The van der Waals surface area contributed by atoms with Crippen LogP contribution in [0.3, 0.4) is 0 Å². The minimum absolute atomic E-state index is 0.0701. The molecule has 0 heterocycles. The maximum absolute atomic E-state index is 12.6. The highest BCUT2D eigenvalue weighted by atomic mass is 16.5. The number of hydrogen-bond donors (Lipinski definition) is 3. The molecule has 3 N–H and O–H groups in total. The van der Waals surface area contributed by atoms with Crippen LogP contribution >= 0.6 is 0 Å². The second-order valence-corrected chi connectivity index (χ2v) is 6.76. The number of carbonyl (C=O) groups is 2. The van der Waals surface area contributed by atoms with Gasteiger partial charge in [-0.25, -0.2) is 0 Å². The molecule has 7 heteroatoms. The van der Waals surface area contributed by atoms with Gasteiger partial charge in [0.15, 0.2) is 0 Å². The van der Waals surface area contributed by atoms with Crippen LogP contribution in [0.1, 0.15) is 19.8 Å². The fourth-order valence-electron chi connectivity index (χ4n) is 2.71. The van der Waals surface area contributed by atoms with E-state index in [9.17, 15) is 9.59 Å². The number of methoxy groups -OCH3 is 2. The van der Waals surface area contributed by atoms with Gasteiger partial charge in [0.25, 0.3) is 0 Å². The van der Waals surface area contributed by atoms with Crippen molar-refractivity contribution in [1.29, 1.82) is 0 Å². The smallest absolute Gasteiger partial charge is 0.246 e. The number of nitrogens with one attached hydrogen (secondary N) is 3. The van der Waals surface area contributed by atoms with Crippen molar-refractivity contribution in [3.8, 4) is 11.5 Å². The predicted octanol–water partition coefficient (Wildman–Crippen LogP) is 3.49. The molecule has 1 unspecified atom stereocenters. The highest BCUT2D eigenvalue weighted by Gasteiger charge is 2.29. The van der Waals surface area contributed by atoms with E-state index in [2.05, 4.69) is 16.0 Å². The molecule has 0 saturated heterocycles. The Morgan fingerprint density at radius 2 is 1.64 bits per heavy atom. The number of benzene rings is 2. The Morgan fingerprint density at radius 3 is 2.25 bits per heavy atom. The van der Waals surface area contributed by atoms with Crippen LogP contribution in [0, 0.1) is 5.92 Å². The molecule has 1 atom stereocenters. The second-order valence-electron chi connectivity index (χ2n) is 6.76. The van der Waals surface area contributed by atoms with Gasteiger partial charge in [-0.05, 0) is 56.2 Å². The zero-order valence-corrected chi connectivity index (χ0v) is 16.2. The van der Waals surface area contributed by atoms with Gasteiger partial charge in [-0.1, -0.05) is 0 Å². The third-order valence-electron chi connectivity index (χ3n) is 4.54. The lowest BCUT2D eigenvalue weighted by molar-refractivity contribution is -0.117. The Labute approximate surface area is 164 Å². The van der Waals surface area contributed by atoms with E-state index in [1.165, 1.54) is 0 Å². The fourth-order valence-corrected chi connectivity index (χ4v) is 2.71. The summed E-state index contributed by atoms with van der Waals surface area (Å²) in [5.41, 5.74) is 2.07. The molecule has 2 aromatic rings. The van der Waals surface area contributed by atoms with Crippen LogP contribution in [-0.4, -0.2) is 32.1 Å². The summed E-state index contributed by atoms with van der Waals surface area (Å²) in [6, 6.07) is 12.0. The third kappa shape index (κ3) is 4.94. The molecule has 28 heavy (non-hydrogen) atoms. The molecule has 3 rings (SSSR count). The summed E-state index contributed by atoms with van der Waals surface area (Å²) in [6.45, 7) is 1.77. The molecule has 2 amide bonds. The topological polar surface area (TPSA) is 88.7 Å². The fraction of sp³-hybridized carbons (Fsp3) is 0.333. The van der Waals surface area contributed by atoms with Crippen molar-refractivity contribution >= 4 is 28.9 Å². The van der Waals surface area contributed by atoms with Crippen LogP contribution in [0.15, 0.2) is 42.5 Å². The summed E-state index contributed by atoms with van der Waals surface area (Å²) in [5, 5.41) is 8.89. The van der Waals surface area contributed by atoms with Crippen LogP contribution in [0.25, 0.3) is 0 Å². The normalized spacial score (nSPS) is 14.0. The summed E-state index contributed by atoms with van der Waals surface area (Å²) in [5.74, 6) is 1.20. The Hall–Kier alpha value is -3.22. The average molecular weight is 383 g/mol. The molecule has 7 nitrogen and oxygen atoms in total. The number of amides is 2. The molecule has 0 aliphatic heterocycles. The third-order valence-corrected chi connectivity index (χ3v) is 4.54. The highest BCUT2D eigenvalue weighted by Crippen LogP contribution is 2.30. The first-order valence-electron chi connectivity index (χ1n) is 9.20. The molecule has 1 aliphatic carbocycles. The number of rotatable bonds is 8. The van der Waals surface area contributed by atoms with E-state index in [0.29, 0.717) is 17.2 Å². The van der Waals surface area contributed by atoms with Gasteiger partial charge in [-0.15, -0.1) is 0 Å².